The molecule has 1 aliphatic carbocycles. The number of rotatable bonds is 3. The Balaban J connectivity index is 1.56. The van der Waals surface area contributed by atoms with E-state index in [2.05, 4.69) is 33.6 Å². The van der Waals surface area contributed by atoms with Crippen LogP contribution in [0, 0.1) is 5.92 Å². The zero-order valence-electron chi connectivity index (χ0n) is 12.4. The molecule has 4 rings (SSSR count). The van der Waals surface area contributed by atoms with Gasteiger partial charge in [-0.1, -0.05) is 38.2 Å². The molecule has 4 heteroatoms. The molecule has 0 spiro atoms. The zero-order valence-corrected chi connectivity index (χ0v) is 13.2. The second kappa shape index (κ2) is 5.84. The van der Waals surface area contributed by atoms with Gasteiger partial charge in [-0.3, -0.25) is 0 Å². The molecule has 2 aliphatic rings. The van der Waals surface area contributed by atoms with Crippen LogP contribution < -0.4 is 5.32 Å². The molecular formula is C17H23N3S. The second-order valence-electron chi connectivity index (χ2n) is 6.42. The van der Waals surface area contributed by atoms with E-state index >= 15 is 0 Å². The average molecular weight is 301 g/mol. The minimum Gasteiger partial charge on any atom is -0.370 e. The van der Waals surface area contributed by atoms with Gasteiger partial charge in [-0.05, 0) is 30.2 Å². The van der Waals surface area contributed by atoms with E-state index in [9.17, 15) is 0 Å². The van der Waals surface area contributed by atoms with Gasteiger partial charge in [-0.25, -0.2) is 4.68 Å². The number of hydrogen-bond acceptors (Lipinski definition) is 3. The van der Waals surface area contributed by atoms with Gasteiger partial charge in [0.1, 0.15) is 5.82 Å². The molecule has 0 saturated heterocycles. The van der Waals surface area contributed by atoms with Gasteiger partial charge in [0.15, 0.2) is 0 Å². The summed E-state index contributed by atoms with van der Waals surface area (Å²) in [6.45, 7) is 1.05. The van der Waals surface area contributed by atoms with Crippen molar-refractivity contribution in [1.29, 1.82) is 0 Å². The van der Waals surface area contributed by atoms with Crippen LogP contribution in [0.2, 0.25) is 0 Å². The standard InChI is InChI=1S/C17H23N3S/c1-2-5-13(6-3-1)11-14-12-17-18-9-8-15(20(17)19-14)16-7-4-10-21-16/h4,7,10,12-13,15,18H,1-3,5-6,8-9,11H2. The first-order valence-corrected chi connectivity index (χ1v) is 9.14. The molecule has 1 fully saturated rings. The predicted octanol–water partition coefficient (Wildman–Crippen LogP) is 4.47. The molecule has 3 nitrogen and oxygen atoms in total. The maximum Gasteiger partial charge on any atom is 0.125 e. The van der Waals surface area contributed by atoms with Crippen molar-refractivity contribution in [2.24, 2.45) is 5.92 Å². The highest BCUT2D eigenvalue weighted by Gasteiger charge is 2.24. The van der Waals surface area contributed by atoms with Crippen molar-refractivity contribution in [3.63, 3.8) is 0 Å². The number of hydrogen-bond donors (Lipinski definition) is 1. The number of aromatic nitrogens is 2. The summed E-state index contributed by atoms with van der Waals surface area (Å²) < 4.78 is 2.23. The number of anilines is 1. The lowest BCUT2D eigenvalue weighted by atomic mass is 9.86. The second-order valence-corrected chi connectivity index (χ2v) is 7.40. The van der Waals surface area contributed by atoms with Crippen LogP contribution in [-0.2, 0) is 6.42 Å². The Morgan fingerprint density at radius 1 is 1.24 bits per heavy atom. The monoisotopic (exact) mass is 301 g/mol. The van der Waals surface area contributed by atoms with Crippen LogP contribution in [-0.4, -0.2) is 16.3 Å². The Morgan fingerprint density at radius 2 is 2.14 bits per heavy atom. The number of nitrogens with one attached hydrogen (secondary N) is 1. The van der Waals surface area contributed by atoms with Crippen molar-refractivity contribution in [2.75, 3.05) is 11.9 Å². The Hall–Kier alpha value is -1.29. The molecule has 1 saturated carbocycles. The molecule has 0 amide bonds. The zero-order chi connectivity index (χ0) is 14.1. The molecule has 3 heterocycles. The lowest BCUT2D eigenvalue weighted by Gasteiger charge is -2.24. The Morgan fingerprint density at radius 3 is 2.95 bits per heavy atom. The lowest BCUT2D eigenvalue weighted by Crippen LogP contribution is -2.23. The van der Waals surface area contributed by atoms with Crippen molar-refractivity contribution in [3.8, 4) is 0 Å². The molecule has 0 aromatic carbocycles. The molecule has 0 bridgehead atoms. The van der Waals surface area contributed by atoms with Crippen LogP contribution in [0.1, 0.15) is 55.1 Å². The largest absolute Gasteiger partial charge is 0.370 e. The van der Waals surface area contributed by atoms with Gasteiger partial charge >= 0.3 is 0 Å². The van der Waals surface area contributed by atoms with E-state index in [1.165, 1.54) is 54.9 Å². The highest BCUT2D eigenvalue weighted by atomic mass is 32.1. The first kappa shape index (κ1) is 13.4. The van der Waals surface area contributed by atoms with Crippen LogP contribution >= 0.6 is 11.3 Å². The van der Waals surface area contributed by atoms with Crippen molar-refractivity contribution < 1.29 is 0 Å². The maximum absolute atomic E-state index is 4.94. The minimum atomic E-state index is 0.432. The first-order chi connectivity index (χ1) is 10.4. The summed E-state index contributed by atoms with van der Waals surface area (Å²) in [5, 5.41) is 10.6. The Kier molecular flexibility index (Phi) is 3.72. The fourth-order valence-corrected chi connectivity index (χ4v) is 4.65. The summed E-state index contributed by atoms with van der Waals surface area (Å²) in [6.07, 6.45) is 9.34. The van der Waals surface area contributed by atoms with Crippen LogP contribution in [0.5, 0.6) is 0 Å². The van der Waals surface area contributed by atoms with Gasteiger partial charge in [0.25, 0.3) is 0 Å². The van der Waals surface area contributed by atoms with Gasteiger partial charge in [-0.15, -0.1) is 11.3 Å². The molecular weight excluding hydrogens is 278 g/mol. The van der Waals surface area contributed by atoms with Crippen molar-refractivity contribution in [2.45, 2.75) is 51.0 Å². The quantitative estimate of drug-likeness (QED) is 0.906. The van der Waals surface area contributed by atoms with Gasteiger partial charge in [0.2, 0.25) is 0 Å². The molecule has 112 valence electrons. The van der Waals surface area contributed by atoms with E-state index in [0.717, 1.165) is 18.9 Å². The summed E-state index contributed by atoms with van der Waals surface area (Å²) in [6, 6.07) is 7.11. The van der Waals surface area contributed by atoms with Crippen molar-refractivity contribution >= 4 is 17.2 Å². The van der Waals surface area contributed by atoms with Crippen LogP contribution in [0.3, 0.4) is 0 Å². The third kappa shape index (κ3) is 2.73. The SMILES string of the molecule is c1csc(C2CCNc3cc(CC4CCCCC4)nn32)c1. The molecule has 0 radical (unpaired) electrons. The van der Waals surface area contributed by atoms with Crippen molar-refractivity contribution in [1.82, 2.24) is 9.78 Å². The highest BCUT2D eigenvalue weighted by molar-refractivity contribution is 7.10. The van der Waals surface area contributed by atoms with Gasteiger partial charge in [0, 0.05) is 17.5 Å². The summed E-state index contributed by atoms with van der Waals surface area (Å²) in [5.74, 6) is 2.07. The minimum absolute atomic E-state index is 0.432. The number of fused-ring (bicyclic) bond motifs is 1. The van der Waals surface area contributed by atoms with Gasteiger partial charge in [0.05, 0.1) is 11.7 Å². The molecule has 21 heavy (non-hydrogen) atoms. The maximum atomic E-state index is 4.94. The van der Waals surface area contributed by atoms with Gasteiger partial charge < -0.3 is 5.32 Å². The molecule has 1 atom stereocenters. The Bertz CT molecular complexity index is 581. The summed E-state index contributed by atoms with van der Waals surface area (Å²) in [4.78, 5) is 1.44. The fraction of sp³-hybridized carbons (Fsp3) is 0.588. The van der Waals surface area contributed by atoms with E-state index in [4.69, 9.17) is 5.10 Å². The molecule has 2 aromatic rings. The van der Waals surface area contributed by atoms with Crippen LogP contribution in [0.15, 0.2) is 23.6 Å². The van der Waals surface area contributed by atoms with E-state index in [1.807, 2.05) is 11.3 Å². The fourth-order valence-electron chi connectivity index (χ4n) is 3.80. The normalized spacial score (nSPS) is 22.8. The van der Waals surface area contributed by atoms with E-state index in [1.54, 1.807) is 0 Å². The Labute approximate surface area is 130 Å². The summed E-state index contributed by atoms with van der Waals surface area (Å²) in [7, 11) is 0. The third-order valence-corrected chi connectivity index (χ3v) is 5.87. The number of thiophene rings is 1. The summed E-state index contributed by atoms with van der Waals surface area (Å²) >= 11 is 1.85. The van der Waals surface area contributed by atoms with Crippen LogP contribution in [0.25, 0.3) is 0 Å². The highest BCUT2D eigenvalue weighted by Crippen LogP contribution is 2.33. The van der Waals surface area contributed by atoms with E-state index in [0.29, 0.717) is 6.04 Å². The topological polar surface area (TPSA) is 29.9 Å². The smallest absolute Gasteiger partial charge is 0.125 e. The molecule has 2 aromatic heterocycles. The molecule has 1 unspecified atom stereocenters. The van der Waals surface area contributed by atoms with Crippen LogP contribution in [0.4, 0.5) is 5.82 Å². The third-order valence-electron chi connectivity index (χ3n) is 4.90. The van der Waals surface area contributed by atoms with Gasteiger partial charge in [-0.2, -0.15) is 5.10 Å². The first-order valence-electron chi connectivity index (χ1n) is 8.26. The lowest BCUT2D eigenvalue weighted by molar-refractivity contribution is 0.352. The predicted molar refractivity (Wildman–Crippen MR) is 88.1 cm³/mol. The molecule has 1 N–H and O–H groups in total. The number of nitrogens with zero attached hydrogens (tertiary/aromatic N) is 2. The van der Waals surface area contributed by atoms with E-state index < -0.39 is 0 Å². The average Bonchev–Trinajstić information content (AvgIpc) is 3.16. The van der Waals surface area contributed by atoms with E-state index in [-0.39, 0.29) is 0 Å². The molecule has 1 aliphatic heterocycles. The van der Waals surface area contributed by atoms with Crippen molar-refractivity contribution in [3.05, 3.63) is 34.2 Å². The summed E-state index contributed by atoms with van der Waals surface area (Å²) in [5.41, 5.74) is 1.29.